The Bertz CT molecular complexity index is 1640. The monoisotopic (exact) mass is 566 g/mol. The van der Waals surface area contributed by atoms with E-state index in [9.17, 15) is 10.1 Å². The maximum absolute atomic E-state index is 12.8. The number of carbonyl (C=O) groups is 1. The molecule has 1 heterocycles. The first-order valence-corrected chi connectivity index (χ1v) is 13.5. The van der Waals surface area contributed by atoms with Crippen LogP contribution < -0.4 is 24.7 Å². The van der Waals surface area contributed by atoms with E-state index < -0.39 is 11.9 Å². The number of fused-ring (bicyclic) bond motifs is 1. The van der Waals surface area contributed by atoms with Crippen molar-refractivity contribution >= 4 is 17.6 Å². The van der Waals surface area contributed by atoms with Gasteiger partial charge in [-0.1, -0.05) is 61.0 Å². The summed E-state index contributed by atoms with van der Waals surface area (Å²) in [5, 5.41) is 10.5. The Morgan fingerprint density at radius 3 is 2.49 bits per heavy atom. The average molecular weight is 567 g/mol. The summed E-state index contributed by atoms with van der Waals surface area (Å²) in [6.07, 6.45) is 0.859. The molecule has 0 saturated heterocycles. The smallest absolute Gasteiger partial charge is 0.343 e. The second kappa shape index (κ2) is 12.5. The Balaban J connectivity index is 1.35. The van der Waals surface area contributed by atoms with Crippen molar-refractivity contribution in [3.63, 3.8) is 0 Å². The van der Waals surface area contributed by atoms with Crippen molar-refractivity contribution in [3.8, 4) is 29.1 Å². The van der Waals surface area contributed by atoms with E-state index in [-0.39, 0.29) is 17.2 Å². The summed E-state index contributed by atoms with van der Waals surface area (Å²) in [5.74, 6) is 0.919. The lowest BCUT2D eigenvalue weighted by molar-refractivity contribution is 0.0734. The van der Waals surface area contributed by atoms with E-state index in [1.807, 2.05) is 55.5 Å². The van der Waals surface area contributed by atoms with Crippen LogP contribution in [-0.2, 0) is 6.61 Å². The molecule has 0 radical (unpaired) electrons. The van der Waals surface area contributed by atoms with Crippen LogP contribution in [0.3, 0.4) is 0 Å². The zero-order chi connectivity index (χ0) is 28.8. The number of nitrogens with two attached hydrogens (primary N) is 1. The number of carbonyl (C=O) groups excluding carboxylic acids is 1. The van der Waals surface area contributed by atoms with Gasteiger partial charge < -0.3 is 24.7 Å². The number of esters is 1. The van der Waals surface area contributed by atoms with Gasteiger partial charge in [0.25, 0.3) is 0 Å². The first-order valence-electron chi connectivity index (χ1n) is 13.1. The Labute approximate surface area is 243 Å². The minimum atomic E-state index is -0.534. The van der Waals surface area contributed by atoms with E-state index in [1.54, 1.807) is 42.5 Å². The largest absolute Gasteiger partial charge is 0.494 e. The van der Waals surface area contributed by atoms with Gasteiger partial charge in [0.1, 0.15) is 41.2 Å². The van der Waals surface area contributed by atoms with Crippen LogP contribution in [0.4, 0.5) is 0 Å². The number of nitrogens with zero attached hydrogens (tertiary/aromatic N) is 1. The summed E-state index contributed by atoms with van der Waals surface area (Å²) in [7, 11) is 0. The third-order valence-electron chi connectivity index (χ3n) is 6.51. The second-order valence-electron chi connectivity index (χ2n) is 9.34. The third kappa shape index (κ3) is 6.29. The van der Waals surface area contributed by atoms with Crippen LogP contribution in [0.15, 0.2) is 102 Å². The number of hydrogen-bond acceptors (Lipinski definition) is 7. The molecule has 1 aliphatic rings. The zero-order valence-corrected chi connectivity index (χ0v) is 23.1. The van der Waals surface area contributed by atoms with Crippen LogP contribution in [0.1, 0.15) is 46.3 Å². The van der Waals surface area contributed by atoms with E-state index in [0.29, 0.717) is 41.0 Å². The van der Waals surface area contributed by atoms with Crippen molar-refractivity contribution in [3.05, 3.63) is 130 Å². The molecule has 1 aliphatic heterocycles. The lowest BCUT2D eigenvalue weighted by atomic mass is 9.83. The van der Waals surface area contributed by atoms with Gasteiger partial charge in [0.15, 0.2) is 0 Å². The molecule has 8 heteroatoms. The Morgan fingerprint density at radius 1 is 0.951 bits per heavy atom. The molecule has 1 unspecified atom stereocenters. The molecule has 4 aromatic rings. The van der Waals surface area contributed by atoms with Crippen molar-refractivity contribution in [1.82, 2.24) is 0 Å². The molecule has 206 valence electrons. The first-order chi connectivity index (χ1) is 20.0. The maximum atomic E-state index is 12.8. The van der Waals surface area contributed by atoms with Gasteiger partial charge in [-0.15, -0.1) is 0 Å². The molecule has 0 amide bonds. The fraction of sp³-hybridized carbons (Fsp3) is 0.152. The predicted molar refractivity (Wildman–Crippen MR) is 155 cm³/mol. The Kier molecular flexibility index (Phi) is 8.42. The molecule has 0 fully saturated rings. The molecule has 7 nitrogen and oxygen atoms in total. The molecule has 5 rings (SSSR count). The Morgan fingerprint density at radius 2 is 1.73 bits per heavy atom. The predicted octanol–water partition coefficient (Wildman–Crippen LogP) is 7.15. The van der Waals surface area contributed by atoms with Crippen LogP contribution in [-0.4, -0.2) is 12.6 Å². The summed E-state index contributed by atoms with van der Waals surface area (Å²) < 4.78 is 22.9. The number of halogens is 1. The second-order valence-corrected chi connectivity index (χ2v) is 9.75. The molecule has 2 N–H and O–H groups in total. The number of rotatable bonds is 9. The number of benzene rings is 4. The highest BCUT2D eigenvalue weighted by Gasteiger charge is 2.31. The quantitative estimate of drug-likeness (QED) is 0.169. The van der Waals surface area contributed by atoms with Gasteiger partial charge in [-0.3, -0.25) is 0 Å². The van der Waals surface area contributed by atoms with E-state index >= 15 is 0 Å². The third-order valence-corrected chi connectivity index (χ3v) is 6.88. The number of ether oxygens (including phenoxy) is 4. The van der Waals surface area contributed by atoms with E-state index in [4.69, 9.17) is 36.3 Å². The summed E-state index contributed by atoms with van der Waals surface area (Å²) >= 11 is 6.23. The maximum Gasteiger partial charge on any atom is 0.343 e. The van der Waals surface area contributed by atoms with Crippen molar-refractivity contribution in [2.45, 2.75) is 25.9 Å². The van der Waals surface area contributed by atoms with Crippen LogP contribution >= 0.6 is 11.6 Å². The van der Waals surface area contributed by atoms with E-state index in [0.717, 1.165) is 23.1 Å². The highest BCUT2D eigenvalue weighted by molar-refractivity contribution is 6.31. The van der Waals surface area contributed by atoms with Crippen LogP contribution in [0.5, 0.6) is 23.0 Å². The molecular formula is C33H27ClN2O5. The van der Waals surface area contributed by atoms with Crippen molar-refractivity contribution in [1.29, 1.82) is 5.26 Å². The number of nitriles is 1. The van der Waals surface area contributed by atoms with Gasteiger partial charge >= 0.3 is 5.97 Å². The topological polar surface area (TPSA) is 104 Å². The van der Waals surface area contributed by atoms with Gasteiger partial charge in [0.05, 0.1) is 18.1 Å². The van der Waals surface area contributed by atoms with Crippen LogP contribution in [0, 0.1) is 11.3 Å². The molecule has 0 spiro atoms. The normalized spacial score (nSPS) is 13.9. The summed E-state index contributed by atoms with van der Waals surface area (Å²) in [5.41, 5.74) is 9.24. The van der Waals surface area contributed by atoms with Gasteiger partial charge in [0.2, 0.25) is 5.88 Å². The Hall–Kier alpha value is -4.93. The minimum Gasteiger partial charge on any atom is -0.494 e. The molecule has 0 saturated carbocycles. The first kappa shape index (κ1) is 27.6. The molecule has 0 bridgehead atoms. The lowest BCUT2D eigenvalue weighted by Crippen LogP contribution is -2.21. The summed E-state index contributed by atoms with van der Waals surface area (Å²) in [6, 6.07) is 29.0. The molecular weight excluding hydrogens is 540 g/mol. The van der Waals surface area contributed by atoms with Crippen LogP contribution in [0.2, 0.25) is 5.02 Å². The molecule has 1 atom stereocenters. The van der Waals surface area contributed by atoms with E-state index in [2.05, 4.69) is 6.07 Å². The highest BCUT2D eigenvalue weighted by atomic mass is 35.5. The summed E-state index contributed by atoms with van der Waals surface area (Å²) in [6.45, 7) is 2.89. The zero-order valence-electron chi connectivity index (χ0n) is 22.3. The van der Waals surface area contributed by atoms with Crippen molar-refractivity contribution in [2.24, 2.45) is 5.73 Å². The van der Waals surface area contributed by atoms with Crippen molar-refractivity contribution in [2.75, 3.05) is 6.61 Å². The van der Waals surface area contributed by atoms with Crippen molar-refractivity contribution < 1.29 is 23.7 Å². The van der Waals surface area contributed by atoms with Gasteiger partial charge in [-0.25, -0.2) is 4.79 Å². The number of hydrogen-bond donors (Lipinski definition) is 1. The van der Waals surface area contributed by atoms with E-state index in [1.165, 1.54) is 0 Å². The average Bonchev–Trinajstić information content (AvgIpc) is 2.99. The van der Waals surface area contributed by atoms with Crippen LogP contribution in [0.25, 0.3) is 0 Å². The van der Waals surface area contributed by atoms with Gasteiger partial charge in [-0.2, -0.15) is 5.26 Å². The fourth-order valence-corrected chi connectivity index (χ4v) is 4.66. The van der Waals surface area contributed by atoms with Gasteiger partial charge in [0, 0.05) is 22.2 Å². The SMILES string of the molecule is CCCOc1cccc(C(=O)Oc2ccc3c(c2)OC(N)=C(C#N)C3c2ccc(OCc3ccccc3Cl)cc2)c1. The highest BCUT2D eigenvalue weighted by Crippen LogP contribution is 2.43. The summed E-state index contributed by atoms with van der Waals surface area (Å²) in [4.78, 5) is 12.8. The van der Waals surface area contributed by atoms with Gasteiger partial charge in [-0.05, 0) is 54.4 Å². The molecule has 41 heavy (non-hydrogen) atoms. The lowest BCUT2D eigenvalue weighted by Gasteiger charge is -2.26. The minimum absolute atomic E-state index is 0.00621. The molecule has 4 aromatic carbocycles. The molecule has 0 aromatic heterocycles. The fourth-order valence-electron chi connectivity index (χ4n) is 4.47. The molecule has 0 aliphatic carbocycles. The standard InChI is InChI=1S/C33H27ClN2O5/c1-2-16-38-25-8-5-7-22(17-25)33(37)40-26-14-15-27-30(18-26)41-32(36)28(19-35)31(27)21-10-12-24(13-11-21)39-20-23-6-3-4-9-29(23)34/h3-15,17-18,31H,2,16,20,36H2,1H3. The number of allylic oxidation sites excluding steroid dienone is 1.